The van der Waals surface area contributed by atoms with Gasteiger partial charge in [0.2, 0.25) is 0 Å². The molecule has 2 atom stereocenters. The highest BCUT2D eigenvalue weighted by Gasteiger charge is 2.28. The number of halogens is 2. The molecule has 2 aromatic heterocycles. The molecule has 9 nitrogen and oxygen atoms in total. The number of carbonyl (C=O) groups excluding carboxylic acids is 1. The third-order valence-electron chi connectivity index (χ3n) is 8.26. The van der Waals surface area contributed by atoms with Crippen LogP contribution in [-0.4, -0.2) is 58.5 Å². The molecule has 226 valence electrons. The Morgan fingerprint density at radius 3 is 2.42 bits per heavy atom. The lowest BCUT2D eigenvalue weighted by Gasteiger charge is -2.32. The number of carbonyl (C=O) groups is 1. The van der Waals surface area contributed by atoms with E-state index < -0.39 is 21.7 Å². The summed E-state index contributed by atoms with van der Waals surface area (Å²) >= 11 is 0. The predicted octanol–water partition coefficient (Wildman–Crippen LogP) is 5.76. The van der Waals surface area contributed by atoms with Crippen molar-refractivity contribution in [2.45, 2.75) is 69.4 Å². The van der Waals surface area contributed by atoms with E-state index in [0.717, 1.165) is 60.9 Å². The van der Waals surface area contributed by atoms with Gasteiger partial charge in [0.1, 0.15) is 11.3 Å². The first-order valence-corrected chi connectivity index (χ1v) is 16.0. The second kappa shape index (κ2) is 11.6. The molecule has 3 heterocycles. The fraction of sp³-hybridized carbons (Fsp3) is 0.387. The summed E-state index contributed by atoms with van der Waals surface area (Å²) in [7, 11) is -4.17. The van der Waals surface area contributed by atoms with E-state index in [-0.39, 0.29) is 45.7 Å². The molecular formula is C31H34F2N6O3S. The molecule has 2 N–H and O–H groups in total. The Balaban J connectivity index is 1.32. The fourth-order valence-corrected chi connectivity index (χ4v) is 7.41. The number of benzene rings is 2. The number of rotatable bonds is 6. The first-order chi connectivity index (χ1) is 20.6. The lowest BCUT2D eigenvalue weighted by atomic mass is 9.91. The van der Waals surface area contributed by atoms with Crippen molar-refractivity contribution in [2.24, 2.45) is 0 Å². The molecule has 0 unspecified atom stereocenters. The maximum absolute atomic E-state index is 15.4. The highest BCUT2D eigenvalue weighted by molar-refractivity contribution is 7.90. The van der Waals surface area contributed by atoms with E-state index in [9.17, 15) is 13.2 Å². The maximum Gasteiger partial charge on any atom is 0.317 e. The fourth-order valence-electron chi connectivity index (χ4n) is 6.04. The van der Waals surface area contributed by atoms with Gasteiger partial charge in [0.25, 0.3) is 10.0 Å². The second-order valence-electron chi connectivity index (χ2n) is 11.5. The van der Waals surface area contributed by atoms with Crippen molar-refractivity contribution in [3.8, 4) is 11.4 Å². The summed E-state index contributed by atoms with van der Waals surface area (Å²) in [6.07, 6.45) is 7.43. The van der Waals surface area contributed by atoms with Crippen LogP contribution < -0.4 is 10.6 Å². The van der Waals surface area contributed by atoms with Crippen molar-refractivity contribution in [2.75, 3.05) is 18.4 Å². The van der Waals surface area contributed by atoms with Crippen molar-refractivity contribution in [3.05, 3.63) is 71.6 Å². The number of nitrogens with one attached hydrogen (secondary N) is 2. The van der Waals surface area contributed by atoms with Gasteiger partial charge in [0.05, 0.1) is 11.1 Å². The van der Waals surface area contributed by atoms with E-state index in [1.807, 2.05) is 11.8 Å². The zero-order valence-electron chi connectivity index (χ0n) is 24.1. The Hall–Kier alpha value is -4.06. The first kappa shape index (κ1) is 29.0. The van der Waals surface area contributed by atoms with Gasteiger partial charge in [-0.25, -0.2) is 35.9 Å². The van der Waals surface area contributed by atoms with E-state index >= 15 is 8.78 Å². The van der Waals surface area contributed by atoms with Crippen molar-refractivity contribution in [3.63, 3.8) is 0 Å². The number of fused-ring (bicyclic) bond motifs is 1. The molecule has 6 rings (SSSR count). The average Bonchev–Trinajstić information content (AvgIpc) is 3.64. The molecule has 2 amide bonds. The third kappa shape index (κ3) is 5.80. The number of hydrogen-bond acceptors (Lipinski definition) is 6. The Labute approximate surface area is 249 Å². The van der Waals surface area contributed by atoms with E-state index in [1.165, 1.54) is 24.4 Å². The van der Waals surface area contributed by atoms with E-state index in [2.05, 4.69) is 20.6 Å². The highest BCUT2D eigenvalue weighted by atomic mass is 32.2. The SMILES string of the molecule is Cc1ccc(S(=O)(=O)n2cc(-c3ncc(F)c(N[C@@H]4CCC[C@H](NC(=O)N5CCCC5)C4)n3)c3cc(C)cc(F)c32)cc1. The van der Waals surface area contributed by atoms with Gasteiger partial charge in [0.15, 0.2) is 17.5 Å². The minimum atomic E-state index is -4.17. The number of urea groups is 1. The van der Waals surface area contributed by atoms with Crippen molar-refractivity contribution < 1.29 is 22.0 Å². The minimum absolute atomic E-state index is 0.00702. The first-order valence-electron chi connectivity index (χ1n) is 14.6. The number of aromatic nitrogens is 3. The molecule has 0 radical (unpaired) electrons. The molecule has 2 fully saturated rings. The van der Waals surface area contributed by atoms with E-state index in [0.29, 0.717) is 17.4 Å². The van der Waals surface area contributed by atoms with Crippen LogP contribution in [0.3, 0.4) is 0 Å². The van der Waals surface area contributed by atoms with Crippen LogP contribution in [0.15, 0.2) is 53.7 Å². The Bertz CT molecular complexity index is 1790. The number of hydrogen-bond donors (Lipinski definition) is 2. The van der Waals surface area contributed by atoms with E-state index in [1.54, 1.807) is 25.1 Å². The molecule has 0 spiro atoms. The zero-order valence-corrected chi connectivity index (χ0v) is 24.9. The van der Waals surface area contributed by atoms with Gasteiger partial charge in [-0.1, -0.05) is 17.7 Å². The number of amides is 2. The summed E-state index contributed by atoms with van der Waals surface area (Å²) in [6, 6.07) is 9.00. The zero-order chi connectivity index (χ0) is 30.3. The van der Waals surface area contributed by atoms with Gasteiger partial charge in [-0.3, -0.25) is 0 Å². The van der Waals surface area contributed by atoms with Crippen LogP contribution >= 0.6 is 0 Å². The summed E-state index contributed by atoms with van der Waals surface area (Å²) in [5.74, 6) is -1.34. The van der Waals surface area contributed by atoms with Gasteiger partial charge in [-0.15, -0.1) is 0 Å². The summed E-state index contributed by atoms with van der Waals surface area (Å²) in [5, 5.41) is 6.60. The molecule has 1 aliphatic heterocycles. The smallest absolute Gasteiger partial charge is 0.317 e. The topological polar surface area (TPSA) is 109 Å². The Kier molecular flexibility index (Phi) is 7.80. The largest absolute Gasteiger partial charge is 0.365 e. The van der Waals surface area contributed by atoms with Crippen LogP contribution in [0.4, 0.5) is 19.4 Å². The Morgan fingerprint density at radius 2 is 1.67 bits per heavy atom. The molecule has 1 saturated carbocycles. The summed E-state index contributed by atoms with van der Waals surface area (Å²) < 4.78 is 58.7. The molecule has 0 bridgehead atoms. The molecule has 43 heavy (non-hydrogen) atoms. The lowest BCUT2D eigenvalue weighted by molar-refractivity contribution is 0.199. The minimum Gasteiger partial charge on any atom is -0.365 e. The standard InChI is InChI=1S/C31H34F2N6O3S/c1-19-8-10-23(11-9-19)43(41,42)39-18-25(24-14-20(2)15-26(32)28(24)39)29-34-17-27(33)30(37-29)35-21-6-5-7-22(16-21)36-31(40)38-12-3-4-13-38/h8-11,14-15,17-18,21-22H,3-7,12-13,16H2,1-2H3,(H,36,40)(H,34,35,37)/t21-,22+/m1/s1. The van der Waals surface area contributed by atoms with Crippen molar-refractivity contribution in [1.29, 1.82) is 0 Å². The van der Waals surface area contributed by atoms with Crippen LogP contribution in [-0.2, 0) is 10.0 Å². The van der Waals surface area contributed by atoms with Crippen LogP contribution in [0.1, 0.15) is 49.7 Å². The quantitative estimate of drug-likeness (QED) is 0.288. The van der Waals surface area contributed by atoms with E-state index in [4.69, 9.17) is 0 Å². The monoisotopic (exact) mass is 608 g/mol. The van der Waals surface area contributed by atoms with Gasteiger partial charge in [0, 0.05) is 42.3 Å². The number of likely N-dealkylation sites (tertiary alicyclic amines) is 1. The second-order valence-corrected chi connectivity index (χ2v) is 13.4. The maximum atomic E-state index is 15.4. The molecular weight excluding hydrogens is 574 g/mol. The van der Waals surface area contributed by atoms with Crippen LogP contribution in [0.5, 0.6) is 0 Å². The average molecular weight is 609 g/mol. The van der Waals surface area contributed by atoms with Gasteiger partial charge in [-0.2, -0.15) is 0 Å². The highest BCUT2D eigenvalue weighted by Crippen LogP contribution is 2.35. The summed E-state index contributed by atoms with van der Waals surface area (Å²) in [4.78, 5) is 23.1. The van der Waals surface area contributed by atoms with Crippen LogP contribution in [0.2, 0.25) is 0 Å². The van der Waals surface area contributed by atoms with Crippen molar-refractivity contribution >= 4 is 32.8 Å². The molecule has 2 aromatic carbocycles. The third-order valence-corrected chi connectivity index (χ3v) is 9.94. The summed E-state index contributed by atoms with van der Waals surface area (Å²) in [6.45, 7) is 5.08. The number of aryl methyl sites for hydroxylation is 2. The molecule has 1 saturated heterocycles. The van der Waals surface area contributed by atoms with Gasteiger partial charge >= 0.3 is 6.03 Å². The normalized spacial score (nSPS) is 19.1. The van der Waals surface area contributed by atoms with Gasteiger partial charge < -0.3 is 15.5 Å². The van der Waals surface area contributed by atoms with Crippen LogP contribution in [0.25, 0.3) is 22.3 Å². The molecule has 1 aliphatic carbocycles. The predicted molar refractivity (Wildman–Crippen MR) is 160 cm³/mol. The summed E-state index contributed by atoms with van der Waals surface area (Å²) in [5.41, 5.74) is 1.60. The van der Waals surface area contributed by atoms with Crippen LogP contribution in [0, 0.1) is 25.5 Å². The lowest BCUT2D eigenvalue weighted by Crippen LogP contribution is -2.47. The van der Waals surface area contributed by atoms with Crippen molar-refractivity contribution in [1.82, 2.24) is 24.2 Å². The molecule has 4 aromatic rings. The number of nitrogens with zero attached hydrogens (tertiary/aromatic N) is 4. The molecule has 12 heteroatoms. The number of anilines is 1. The van der Waals surface area contributed by atoms with Gasteiger partial charge in [-0.05, 0) is 82.2 Å². The Morgan fingerprint density at radius 1 is 0.953 bits per heavy atom. The molecule has 2 aliphatic rings.